The van der Waals surface area contributed by atoms with Crippen molar-refractivity contribution in [1.82, 2.24) is 5.16 Å². The van der Waals surface area contributed by atoms with Gasteiger partial charge in [0.2, 0.25) is 0 Å². The Morgan fingerprint density at radius 1 is 1.00 bits per heavy atom. The quantitative estimate of drug-likeness (QED) is 0.366. The van der Waals surface area contributed by atoms with E-state index in [4.69, 9.17) is 14.0 Å². The molecule has 0 saturated carbocycles. The van der Waals surface area contributed by atoms with E-state index in [2.05, 4.69) is 5.16 Å². The fourth-order valence-electron chi connectivity index (χ4n) is 3.12. The molecule has 0 bridgehead atoms. The molecule has 0 aliphatic heterocycles. The molecule has 4 aromatic rings. The number of para-hydroxylation sites is 1. The van der Waals surface area contributed by atoms with E-state index in [1.54, 1.807) is 19.2 Å². The van der Waals surface area contributed by atoms with E-state index in [1.807, 2.05) is 60.7 Å². The Bertz CT molecular complexity index is 1100. The van der Waals surface area contributed by atoms with Gasteiger partial charge in [0.15, 0.2) is 5.58 Å². The first kappa shape index (κ1) is 17.8. The standard InChI is InChI=1S/C23H19NO4/c1-26-21-10-6-5-9-17(21)14-20-19-12-11-18(15-22(19)28-24-20)27-23(25)13-16-7-3-2-4-8-16/h2-12,15H,13-14H2,1H3. The van der Waals surface area contributed by atoms with E-state index in [1.165, 1.54) is 0 Å². The molecule has 0 spiro atoms. The van der Waals surface area contributed by atoms with Crippen LogP contribution in [0.3, 0.4) is 0 Å². The Hall–Kier alpha value is -3.60. The zero-order valence-electron chi connectivity index (χ0n) is 15.4. The van der Waals surface area contributed by atoms with Gasteiger partial charge in [-0.2, -0.15) is 0 Å². The summed E-state index contributed by atoms with van der Waals surface area (Å²) in [6, 6.07) is 22.6. The third kappa shape index (κ3) is 3.88. The van der Waals surface area contributed by atoms with Crippen molar-refractivity contribution in [2.45, 2.75) is 12.8 Å². The van der Waals surface area contributed by atoms with Crippen molar-refractivity contribution >= 4 is 16.9 Å². The smallest absolute Gasteiger partial charge is 0.315 e. The number of benzene rings is 3. The Morgan fingerprint density at radius 2 is 1.79 bits per heavy atom. The molecule has 0 amide bonds. The molecule has 0 aliphatic carbocycles. The van der Waals surface area contributed by atoms with E-state index in [0.717, 1.165) is 28.0 Å². The molecule has 0 unspecified atom stereocenters. The van der Waals surface area contributed by atoms with Crippen molar-refractivity contribution in [3.63, 3.8) is 0 Å². The van der Waals surface area contributed by atoms with Crippen LogP contribution in [0.15, 0.2) is 77.3 Å². The summed E-state index contributed by atoms with van der Waals surface area (Å²) >= 11 is 0. The minimum Gasteiger partial charge on any atom is -0.496 e. The predicted octanol–water partition coefficient (Wildman–Crippen LogP) is 4.58. The Kier molecular flexibility index (Phi) is 5.06. The number of hydrogen-bond acceptors (Lipinski definition) is 5. The Morgan fingerprint density at radius 3 is 2.61 bits per heavy atom. The van der Waals surface area contributed by atoms with Crippen LogP contribution in [-0.2, 0) is 17.6 Å². The maximum Gasteiger partial charge on any atom is 0.315 e. The predicted molar refractivity (Wildman–Crippen MR) is 106 cm³/mol. The van der Waals surface area contributed by atoms with Crippen molar-refractivity contribution in [3.8, 4) is 11.5 Å². The molecule has 5 heteroatoms. The zero-order valence-corrected chi connectivity index (χ0v) is 15.4. The highest BCUT2D eigenvalue weighted by Gasteiger charge is 2.14. The first-order valence-electron chi connectivity index (χ1n) is 8.98. The largest absolute Gasteiger partial charge is 0.496 e. The van der Waals surface area contributed by atoms with Gasteiger partial charge in [0.25, 0.3) is 0 Å². The zero-order chi connectivity index (χ0) is 19.3. The number of nitrogens with zero attached hydrogens (tertiary/aromatic N) is 1. The lowest BCUT2D eigenvalue weighted by Gasteiger charge is -2.06. The number of esters is 1. The van der Waals surface area contributed by atoms with E-state index in [9.17, 15) is 4.79 Å². The number of ether oxygens (including phenoxy) is 2. The molecular weight excluding hydrogens is 354 g/mol. The first-order chi connectivity index (χ1) is 13.7. The van der Waals surface area contributed by atoms with Gasteiger partial charge >= 0.3 is 5.97 Å². The lowest BCUT2D eigenvalue weighted by Crippen LogP contribution is -2.11. The van der Waals surface area contributed by atoms with Crippen LogP contribution in [0, 0.1) is 0 Å². The van der Waals surface area contributed by atoms with Crippen molar-refractivity contribution in [1.29, 1.82) is 0 Å². The minimum absolute atomic E-state index is 0.217. The van der Waals surface area contributed by atoms with Crippen LogP contribution >= 0.6 is 0 Å². The van der Waals surface area contributed by atoms with Crippen LogP contribution in [0.4, 0.5) is 0 Å². The monoisotopic (exact) mass is 373 g/mol. The third-order valence-corrected chi connectivity index (χ3v) is 4.49. The molecule has 28 heavy (non-hydrogen) atoms. The van der Waals surface area contributed by atoms with Gasteiger partial charge in [0, 0.05) is 23.4 Å². The van der Waals surface area contributed by atoms with E-state index < -0.39 is 0 Å². The molecule has 4 rings (SSSR count). The fourth-order valence-corrected chi connectivity index (χ4v) is 3.12. The highest BCUT2D eigenvalue weighted by atomic mass is 16.5. The summed E-state index contributed by atoms with van der Waals surface area (Å²) in [5.74, 6) is 0.929. The number of aromatic nitrogens is 1. The molecule has 0 N–H and O–H groups in total. The van der Waals surface area contributed by atoms with Gasteiger partial charge in [-0.05, 0) is 23.8 Å². The van der Waals surface area contributed by atoms with Gasteiger partial charge in [-0.1, -0.05) is 53.7 Å². The van der Waals surface area contributed by atoms with Crippen LogP contribution in [0.5, 0.6) is 11.5 Å². The van der Waals surface area contributed by atoms with Crippen LogP contribution in [0.25, 0.3) is 11.0 Å². The van der Waals surface area contributed by atoms with Gasteiger partial charge in [0.1, 0.15) is 11.5 Å². The molecule has 140 valence electrons. The molecule has 5 nitrogen and oxygen atoms in total. The highest BCUT2D eigenvalue weighted by Crippen LogP contribution is 2.28. The number of methoxy groups -OCH3 is 1. The van der Waals surface area contributed by atoms with E-state index >= 15 is 0 Å². The van der Waals surface area contributed by atoms with Gasteiger partial charge in [-0.3, -0.25) is 4.79 Å². The first-order valence-corrected chi connectivity index (χ1v) is 8.98. The average Bonchev–Trinajstić information content (AvgIpc) is 3.11. The van der Waals surface area contributed by atoms with Gasteiger partial charge in [-0.25, -0.2) is 0 Å². The second-order valence-corrected chi connectivity index (χ2v) is 6.41. The van der Waals surface area contributed by atoms with Crippen molar-refractivity contribution < 1.29 is 18.8 Å². The summed E-state index contributed by atoms with van der Waals surface area (Å²) in [6.45, 7) is 0. The third-order valence-electron chi connectivity index (χ3n) is 4.49. The topological polar surface area (TPSA) is 61.6 Å². The Labute approximate surface area is 162 Å². The highest BCUT2D eigenvalue weighted by molar-refractivity contribution is 5.83. The molecule has 3 aromatic carbocycles. The van der Waals surface area contributed by atoms with Crippen LogP contribution in [-0.4, -0.2) is 18.2 Å². The fraction of sp³-hybridized carbons (Fsp3) is 0.130. The number of hydrogen-bond donors (Lipinski definition) is 0. The summed E-state index contributed by atoms with van der Waals surface area (Å²) in [7, 11) is 1.65. The van der Waals surface area contributed by atoms with Crippen molar-refractivity contribution in [2.75, 3.05) is 7.11 Å². The minimum atomic E-state index is -0.320. The maximum atomic E-state index is 12.2. The molecule has 0 saturated heterocycles. The summed E-state index contributed by atoms with van der Waals surface area (Å²) in [6.07, 6.45) is 0.804. The normalized spacial score (nSPS) is 10.8. The second kappa shape index (κ2) is 7.96. The summed E-state index contributed by atoms with van der Waals surface area (Å²) in [5, 5.41) is 5.07. The number of rotatable bonds is 6. The van der Waals surface area contributed by atoms with E-state index in [0.29, 0.717) is 17.8 Å². The van der Waals surface area contributed by atoms with Crippen LogP contribution in [0.2, 0.25) is 0 Å². The molecule has 1 heterocycles. The lowest BCUT2D eigenvalue weighted by atomic mass is 10.1. The molecule has 0 radical (unpaired) electrons. The van der Waals surface area contributed by atoms with Crippen LogP contribution in [0.1, 0.15) is 16.8 Å². The molecule has 0 fully saturated rings. The Balaban J connectivity index is 1.50. The number of fused-ring (bicyclic) bond motifs is 1. The molecular formula is C23H19NO4. The van der Waals surface area contributed by atoms with Crippen molar-refractivity contribution in [2.24, 2.45) is 0 Å². The van der Waals surface area contributed by atoms with Crippen LogP contribution < -0.4 is 9.47 Å². The SMILES string of the molecule is COc1ccccc1Cc1noc2cc(OC(=O)Cc3ccccc3)ccc12. The summed E-state index contributed by atoms with van der Waals surface area (Å²) < 4.78 is 16.3. The molecule has 0 atom stereocenters. The molecule has 1 aromatic heterocycles. The summed E-state index contributed by atoms with van der Waals surface area (Å²) in [4.78, 5) is 12.2. The maximum absolute atomic E-state index is 12.2. The second-order valence-electron chi connectivity index (χ2n) is 6.41. The van der Waals surface area contributed by atoms with Crippen molar-refractivity contribution in [3.05, 3.63) is 89.6 Å². The molecule has 0 aliphatic rings. The van der Waals surface area contributed by atoms with E-state index in [-0.39, 0.29) is 12.4 Å². The van der Waals surface area contributed by atoms with Gasteiger partial charge < -0.3 is 14.0 Å². The lowest BCUT2D eigenvalue weighted by molar-refractivity contribution is -0.133. The summed E-state index contributed by atoms with van der Waals surface area (Å²) in [5.41, 5.74) is 3.32. The average molecular weight is 373 g/mol. The van der Waals surface area contributed by atoms with Gasteiger partial charge in [0.05, 0.1) is 19.2 Å². The number of carbonyl (C=O) groups excluding carboxylic acids is 1. The van der Waals surface area contributed by atoms with Gasteiger partial charge in [-0.15, -0.1) is 0 Å². The number of carbonyl (C=O) groups is 1.